The normalized spacial score (nSPS) is 17.9. The highest BCUT2D eigenvalue weighted by atomic mass is 127. The number of aryl methyl sites for hydroxylation is 1. The standard InChI is InChI=1S/C22H35N7O.HI/c1-4-29-12-8-11-20(29)14-24-22(25-15-21-27-26-17(2)28(21)3)23-13-19(16-30)18-9-6-5-7-10-18;/h5-7,9-10,19-20,30H,4,8,11-16H2,1-3H3,(H2,23,24,25);1H. The van der Waals surface area contributed by atoms with Crippen LogP contribution in [-0.2, 0) is 13.6 Å². The monoisotopic (exact) mass is 541 g/mol. The number of likely N-dealkylation sites (N-methyl/N-ethyl adjacent to an activating group) is 1. The van der Waals surface area contributed by atoms with Gasteiger partial charge in [-0.3, -0.25) is 4.90 Å². The number of hydrogen-bond donors (Lipinski definition) is 3. The fraction of sp³-hybridized carbons (Fsp3) is 0.591. The van der Waals surface area contributed by atoms with Crippen molar-refractivity contribution >= 4 is 29.9 Å². The van der Waals surface area contributed by atoms with E-state index in [2.05, 4.69) is 32.7 Å². The number of guanidine groups is 1. The molecule has 9 heteroatoms. The number of nitrogens with zero attached hydrogens (tertiary/aromatic N) is 5. The van der Waals surface area contributed by atoms with Crippen molar-refractivity contribution < 1.29 is 5.11 Å². The maximum Gasteiger partial charge on any atom is 0.191 e. The number of hydrogen-bond acceptors (Lipinski definition) is 5. The van der Waals surface area contributed by atoms with Crippen molar-refractivity contribution in [1.29, 1.82) is 0 Å². The molecule has 0 amide bonds. The van der Waals surface area contributed by atoms with Crippen molar-refractivity contribution in [1.82, 2.24) is 30.3 Å². The van der Waals surface area contributed by atoms with Crippen molar-refractivity contribution in [3.63, 3.8) is 0 Å². The Hall–Kier alpha value is -1.72. The lowest BCUT2D eigenvalue weighted by Crippen LogP contribution is -2.46. The molecule has 1 aliphatic heterocycles. The Bertz CT molecular complexity index is 811. The van der Waals surface area contributed by atoms with Gasteiger partial charge in [-0.2, -0.15) is 0 Å². The summed E-state index contributed by atoms with van der Waals surface area (Å²) in [5, 5.41) is 25.1. The van der Waals surface area contributed by atoms with Gasteiger partial charge < -0.3 is 20.3 Å². The van der Waals surface area contributed by atoms with E-state index in [0.29, 0.717) is 19.1 Å². The first-order chi connectivity index (χ1) is 14.6. The molecular weight excluding hydrogens is 505 g/mol. The highest BCUT2D eigenvalue weighted by molar-refractivity contribution is 14.0. The largest absolute Gasteiger partial charge is 0.396 e. The molecule has 1 aromatic carbocycles. The van der Waals surface area contributed by atoms with Crippen LogP contribution >= 0.6 is 24.0 Å². The Morgan fingerprint density at radius 1 is 1.26 bits per heavy atom. The third-order valence-corrected chi connectivity index (χ3v) is 5.98. The lowest BCUT2D eigenvalue weighted by Gasteiger charge is -2.24. The van der Waals surface area contributed by atoms with Gasteiger partial charge in [-0.25, -0.2) is 4.99 Å². The molecule has 0 spiro atoms. The van der Waals surface area contributed by atoms with E-state index in [1.807, 2.05) is 48.9 Å². The second-order valence-corrected chi connectivity index (χ2v) is 7.86. The molecular formula is C22H36IN7O. The van der Waals surface area contributed by atoms with Gasteiger partial charge in [0.2, 0.25) is 0 Å². The van der Waals surface area contributed by atoms with Gasteiger partial charge in [-0.05, 0) is 38.4 Å². The van der Waals surface area contributed by atoms with Crippen molar-refractivity contribution in [3.8, 4) is 0 Å². The average Bonchev–Trinajstić information content (AvgIpc) is 3.37. The van der Waals surface area contributed by atoms with Crippen LogP contribution in [0.25, 0.3) is 0 Å². The van der Waals surface area contributed by atoms with Crippen LogP contribution < -0.4 is 10.6 Å². The number of halogens is 1. The summed E-state index contributed by atoms with van der Waals surface area (Å²) in [6.07, 6.45) is 2.46. The smallest absolute Gasteiger partial charge is 0.191 e. The summed E-state index contributed by atoms with van der Waals surface area (Å²) < 4.78 is 1.96. The van der Waals surface area contributed by atoms with Gasteiger partial charge in [0.1, 0.15) is 12.4 Å². The quantitative estimate of drug-likeness (QED) is 0.256. The van der Waals surface area contributed by atoms with Crippen molar-refractivity contribution in [2.45, 2.75) is 45.2 Å². The molecule has 2 atom stereocenters. The first-order valence-electron chi connectivity index (χ1n) is 10.9. The van der Waals surface area contributed by atoms with Crippen LogP contribution in [-0.4, -0.2) is 69.6 Å². The lowest BCUT2D eigenvalue weighted by atomic mass is 10.0. The summed E-state index contributed by atoms with van der Waals surface area (Å²) in [6, 6.07) is 10.6. The van der Waals surface area contributed by atoms with E-state index in [1.54, 1.807) is 0 Å². The van der Waals surface area contributed by atoms with Gasteiger partial charge >= 0.3 is 0 Å². The molecule has 0 saturated carbocycles. The summed E-state index contributed by atoms with van der Waals surface area (Å²) in [5.74, 6) is 2.45. The van der Waals surface area contributed by atoms with Gasteiger partial charge in [0.25, 0.3) is 0 Å². The van der Waals surface area contributed by atoms with E-state index >= 15 is 0 Å². The topological polar surface area (TPSA) is 90.6 Å². The highest BCUT2D eigenvalue weighted by Crippen LogP contribution is 2.16. The molecule has 2 heterocycles. The maximum atomic E-state index is 9.88. The van der Waals surface area contributed by atoms with Crippen molar-refractivity contribution in [2.24, 2.45) is 12.0 Å². The van der Waals surface area contributed by atoms with E-state index in [1.165, 1.54) is 19.4 Å². The Morgan fingerprint density at radius 2 is 2.03 bits per heavy atom. The molecule has 3 N–H and O–H groups in total. The number of likely N-dealkylation sites (tertiary alicyclic amines) is 1. The number of rotatable bonds is 9. The number of aliphatic imine (C=N–C) groups is 1. The van der Waals surface area contributed by atoms with E-state index < -0.39 is 0 Å². The molecule has 0 bridgehead atoms. The predicted molar refractivity (Wildman–Crippen MR) is 135 cm³/mol. The molecule has 31 heavy (non-hydrogen) atoms. The molecule has 1 saturated heterocycles. The fourth-order valence-electron chi connectivity index (χ4n) is 3.90. The van der Waals surface area contributed by atoms with Gasteiger partial charge in [-0.1, -0.05) is 37.3 Å². The van der Waals surface area contributed by atoms with E-state index in [9.17, 15) is 5.11 Å². The Balaban J connectivity index is 0.00000341. The number of aromatic nitrogens is 3. The Kier molecular flexibility index (Phi) is 10.7. The molecule has 2 unspecified atom stereocenters. The maximum absolute atomic E-state index is 9.88. The first kappa shape index (κ1) is 25.5. The Morgan fingerprint density at radius 3 is 2.68 bits per heavy atom. The van der Waals surface area contributed by atoms with Crippen LogP contribution in [0.4, 0.5) is 0 Å². The minimum absolute atomic E-state index is 0. The SMILES string of the molecule is CCN1CCCC1CNC(=NCc1nnc(C)n1C)NCC(CO)c1ccccc1.I. The minimum atomic E-state index is 0. The predicted octanol–water partition coefficient (Wildman–Crippen LogP) is 2.04. The molecule has 172 valence electrons. The number of benzene rings is 1. The van der Waals surface area contributed by atoms with Crippen LogP contribution in [0.15, 0.2) is 35.3 Å². The van der Waals surface area contributed by atoms with Gasteiger partial charge in [0.05, 0.1) is 6.61 Å². The second-order valence-electron chi connectivity index (χ2n) is 7.86. The molecule has 0 aliphatic carbocycles. The number of nitrogens with one attached hydrogen (secondary N) is 2. The van der Waals surface area contributed by atoms with Gasteiger partial charge in [0, 0.05) is 32.1 Å². The van der Waals surface area contributed by atoms with E-state index in [4.69, 9.17) is 4.99 Å². The number of aliphatic hydroxyl groups excluding tert-OH is 1. The fourth-order valence-corrected chi connectivity index (χ4v) is 3.90. The zero-order valence-electron chi connectivity index (χ0n) is 18.8. The van der Waals surface area contributed by atoms with Crippen LogP contribution in [0.3, 0.4) is 0 Å². The number of aliphatic hydroxyl groups is 1. The first-order valence-corrected chi connectivity index (χ1v) is 10.9. The highest BCUT2D eigenvalue weighted by Gasteiger charge is 2.23. The van der Waals surface area contributed by atoms with E-state index in [0.717, 1.165) is 36.3 Å². The summed E-state index contributed by atoms with van der Waals surface area (Å²) >= 11 is 0. The van der Waals surface area contributed by atoms with Gasteiger partial charge in [0.15, 0.2) is 11.8 Å². The van der Waals surface area contributed by atoms with Crippen LogP contribution in [0.5, 0.6) is 0 Å². The average molecular weight is 541 g/mol. The lowest BCUT2D eigenvalue weighted by molar-refractivity contribution is 0.262. The van der Waals surface area contributed by atoms with Crippen molar-refractivity contribution in [3.05, 3.63) is 47.5 Å². The summed E-state index contributed by atoms with van der Waals surface area (Å²) in [7, 11) is 1.95. The third kappa shape index (κ3) is 7.15. The molecule has 3 rings (SSSR count). The second kappa shape index (κ2) is 13.0. The van der Waals surface area contributed by atoms with Crippen LogP contribution in [0, 0.1) is 6.92 Å². The summed E-state index contributed by atoms with van der Waals surface area (Å²) in [4.78, 5) is 7.26. The molecule has 8 nitrogen and oxygen atoms in total. The van der Waals surface area contributed by atoms with E-state index in [-0.39, 0.29) is 36.5 Å². The Labute approximate surface area is 202 Å². The molecule has 1 aliphatic rings. The zero-order chi connectivity index (χ0) is 21.3. The zero-order valence-corrected chi connectivity index (χ0v) is 21.1. The van der Waals surface area contributed by atoms with Crippen LogP contribution in [0.2, 0.25) is 0 Å². The summed E-state index contributed by atoms with van der Waals surface area (Å²) in [5.41, 5.74) is 1.11. The molecule has 1 aromatic heterocycles. The molecule has 0 radical (unpaired) electrons. The van der Waals surface area contributed by atoms with Crippen LogP contribution in [0.1, 0.15) is 42.9 Å². The molecule has 2 aromatic rings. The minimum Gasteiger partial charge on any atom is -0.396 e. The third-order valence-electron chi connectivity index (χ3n) is 5.98. The summed E-state index contributed by atoms with van der Waals surface area (Å²) in [6.45, 7) is 8.38. The molecule has 1 fully saturated rings. The van der Waals surface area contributed by atoms with Gasteiger partial charge in [-0.15, -0.1) is 34.2 Å². The van der Waals surface area contributed by atoms with Crippen molar-refractivity contribution in [2.75, 3.05) is 32.8 Å².